The summed E-state index contributed by atoms with van der Waals surface area (Å²) in [5.41, 5.74) is 3.62. The maximum Gasteiger partial charge on any atom is 0.123 e. The summed E-state index contributed by atoms with van der Waals surface area (Å²) in [7, 11) is 0. The van der Waals surface area contributed by atoms with Gasteiger partial charge in [-0.3, -0.25) is 0 Å². The summed E-state index contributed by atoms with van der Waals surface area (Å²) in [6.45, 7) is 0.642. The lowest BCUT2D eigenvalue weighted by Gasteiger charge is -2.10. The van der Waals surface area contributed by atoms with Gasteiger partial charge in [0.1, 0.15) is 5.82 Å². The van der Waals surface area contributed by atoms with Crippen molar-refractivity contribution >= 4 is 11.6 Å². The molecule has 1 aromatic heterocycles. The zero-order chi connectivity index (χ0) is 16.1. The first-order chi connectivity index (χ1) is 11.2. The highest BCUT2D eigenvalue weighted by atomic mass is 19.1. The van der Waals surface area contributed by atoms with Gasteiger partial charge in [-0.1, -0.05) is 24.3 Å². The third-order valence-corrected chi connectivity index (χ3v) is 3.51. The number of imidazole rings is 1. The Morgan fingerprint density at radius 2 is 1.87 bits per heavy atom. The average molecular weight is 303 g/mol. The van der Waals surface area contributed by atoms with Crippen LogP contribution in [0.15, 0.2) is 67.3 Å². The van der Waals surface area contributed by atoms with Crippen LogP contribution in [-0.2, 0) is 6.54 Å². The van der Waals surface area contributed by atoms with Crippen molar-refractivity contribution < 1.29 is 4.39 Å². The van der Waals surface area contributed by atoms with E-state index in [1.54, 1.807) is 36.8 Å². The normalized spacial score (nSPS) is 11.2. The van der Waals surface area contributed by atoms with Crippen LogP contribution < -0.4 is 0 Å². The predicted octanol–water partition coefficient (Wildman–Crippen LogP) is 4.13. The molecule has 112 valence electrons. The number of nitrogens with zero attached hydrogens (tertiary/aromatic N) is 3. The molecule has 3 aromatic rings. The third-order valence-electron chi connectivity index (χ3n) is 3.51. The third kappa shape index (κ3) is 3.72. The van der Waals surface area contributed by atoms with Crippen molar-refractivity contribution in [2.45, 2.75) is 6.54 Å². The number of nitriles is 1. The Morgan fingerprint density at radius 1 is 1.13 bits per heavy atom. The van der Waals surface area contributed by atoms with Crippen molar-refractivity contribution in [3.05, 3.63) is 89.8 Å². The summed E-state index contributed by atoms with van der Waals surface area (Å²) in [5.74, 6) is -0.253. The second-order valence-electron chi connectivity index (χ2n) is 5.15. The molecule has 0 fully saturated rings. The molecule has 3 nitrogen and oxygen atoms in total. The molecular formula is C19H14FN3. The lowest BCUT2D eigenvalue weighted by molar-refractivity contribution is 0.628. The first kappa shape index (κ1) is 14.7. The van der Waals surface area contributed by atoms with Gasteiger partial charge < -0.3 is 4.57 Å². The molecule has 0 radical (unpaired) electrons. The summed E-state index contributed by atoms with van der Waals surface area (Å²) in [6, 6.07) is 15.9. The van der Waals surface area contributed by atoms with E-state index in [1.165, 1.54) is 12.1 Å². The van der Waals surface area contributed by atoms with E-state index >= 15 is 0 Å². The molecule has 0 aliphatic carbocycles. The van der Waals surface area contributed by atoms with Crippen LogP contribution in [0.2, 0.25) is 0 Å². The second-order valence-corrected chi connectivity index (χ2v) is 5.15. The maximum atomic E-state index is 13.1. The van der Waals surface area contributed by atoms with Crippen LogP contribution in [0.4, 0.5) is 4.39 Å². The fourth-order valence-electron chi connectivity index (χ4n) is 2.32. The van der Waals surface area contributed by atoms with Crippen LogP contribution in [0.1, 0.15) is 16.7 Å². The Kier molecular flexibility index (Phi) is 4.30. The van der Waals surface area contributed by atoms with E-state index in [9.17, 15) is 4.39 Å². The minimum absolute atomic E-state index is 0.253. The number of hydrogen-bond donors (Lipinski definition) is 0. The van der Waals surface area contributed by atoms with Gasteiger partial charge in [0, 0.05) is 18.9 Å². The van der Waals surface area contributed by atoms with E-state index in [4.69, 9.17) is 5.26 Å². The van der Waals surface area contributed by atoms with Crippen molar-refractivity contribution in [3.8, 4) is 6.07 Å². The zero-order valence-electron chi connectivity index (χ0n) is 12.4. The summed E-state index contributed by atoms with van der Waals surface area (Å²) in [5, 5.41) is 8.92. The van der Waals surface area contributed by atoms with Crippen molar-refractivity contribution in [2.75, 3.05) is 0 Å². The first-order valence-corrected chi connectivity index (χ1v) is 7.17. The van der Waals surface area contributed by atoms with Gasteiger partial charge >= 0.3 is 0 Å². The van der Waals surface area contributed by atoms with Gasteiger partial charge in [0.15, 0.2) is 0 Å². The maximum absolute atomic E-state index is 13.1. The lowest BCUT2D eigenvalue weighted by Crippen LogP contribution is -1.98. The van der Waals surface area contributed by atoms with Crippen LogP contribution in [0, 0.1) is 17.1 Å². The van der Waals surface area contributed by atoms with Gasteiger partial charge in [-0.2, -0.15) is 5.26 Å². The molecule has 0 saturated heterocycles. The number of halogens is 1. The highest BCUT2D eigenvalue weighted by Gasteiger charge is 2.04. The van der Waals surface area contributed by atoms with Crippen LogP contribution in [-0.4, -0.2) is 9.55 Å². The van der Waals surface area contributed by atoms with Gasteiger partial charge in [-0.05, 0) is 47.0 Å². The lowest BCUT2D eigenvalue weighted by atomic mass is 10.0. The van der Waals surface area contributed by atoms with Crippen molar-refractivity contribution in [3.63, 3.8) is 0 Å². The van der Waals surface area contributed by atoms with Gasteiger partial charge in [-0.25, -0.2) is 9.37 Å². The minimum Gasteiger partial charge on any atom is -0.333 e. The fraction of sp³-hybridized carbons (Fsp3) is 0.0526. The molecule has 0 spiro atoms. The molecule has 0 bridgehead atoms. The van der Waals surface area contributed by atoms with E-state index in [0.717, 1.165) is 16.7 Å². The molecule has 2 aromatic carbocycles. The topological polar surface area (TPSA) is 41.6 Å². The molecular weight excluding hydrogens is 289 g/mol. The van der Waals surface area contributed by atoms with E-state index in [-0.39, 0.29) is 5.82 Å². The largest absolute Gasteiger partial charge is 0.333 e. The second kappa shape index (κ2) is 6.71. The molecule has 0 N–H and O–H groups in total. The highest BCUT2D eigenvalue weighted by molar-refractivity contribution is 5.81. The highest BCUT2D eigenvalue weighted by Crippen LogP contribution is 2.21. The summed E-state index contributed by atoms with van der Waals surface area (Å²) in [6.07, 6.45) is 7.39. The molecule has 4 heteroatoms. The summed E-state index contributed by atoms with van der Waals surface area (Å²) < 4.78 is 15.0. The monoisotopic (exact) mass is 303 g/mol. The Morgan fingerprint density at radius 3 is 2.48 bits per heavy atom. The molecule has 0 aliphatic heterocycles. The first-order valence-electron chi connectivity index (χ1n) is 7.17. The van der Waals surface area contributed by atoms with Gasteiger partial charge in [-0.15, -0.1) is 0 Å². The Balaban J connectivity index is 1.98. The Bertz CT molecular complexity index is 839. The quantitative estimate of drug-likeness (QED) is 0.680. The standard InChI is InChI=1S/C19H14FN3/c20-19-7-3-15(4-8-19)11-18(13-23-10-9-22-14-23)17-5-1-16(12-21)2-6-17/h1-11,14H,13H2/b18-11+. The average Bonchev–Trinajstić information content (AvgIpc) is 3.09. The van der Waals surface area contributed by atoms with Crippen LogP contribution in [0.5, 0.6) is 0 Å². The molecule has 3 rings (SSSR count). The number of aromatic nitrogens is 2. The fourth-order valence-corrected chi connectivity index (χ4v) is 2.32. The Labute approximate surface area is 134 Å². The predicted molar refractivity (Wildman–Crippen MR) is 87.7 cm³/mol. The summed E-state index contributed by atoms with van der Waals surface area (Å²) in [4.78, 5) is 4.06. The molecule has 23 heavy (non-hydrogen) atoms. The SMILES string of the molecule is N#Cc1ccc(/C(=C/c2ccc(F)cc2)Cn2ccnc2)cc1. The molecule has 0 saturated carbocycles. The minimum atomic E-state index is -0.253. The van der Waals surface area contributed by atoms with Crippen LogP contribution >= 0.6 is 0 Å². The molecule has 0 atom stereocenters. The summed E-state index contributed by atoms with van der Waals surface area (Å²) >= 11 is 0. The number of hydrogen-bond acceptors (Lipinski definition) is 2. The zero-order valence-corrected chi connectivity index (χ0v) is 12.4. The van der Waals surface area contributed by atoms with Crippen molar-refractivity contribution in [2.24, 2.45) is 0 Å². The van der Waals surface area contributed by atoms with E-state index < -0.39 is 0 Å². The molecule has 0 aliphatic rings. The molecule has 1 heterocycles. The smallest absolute Gasteiger partial charge is 0.123 e. The van der Waals surface area contributed by atoms with Crippen molar-refractivity contribution in [1.82, 2.24) is 9.55 Å². The van der Waals surface area contributed by atoms with Crippen molar-refractivity contribution in [1.29, 1.82) is 5.26 Å². The van der Waals surface area contributed by atoms with Gasteiger partial charge in [0.05, 0.1) is 18.0 Å². The number of allylic oxidation sites excluding steroid dienone is 1. The van der Waals surface area contributed by atoms with Crippen LogP contribution in [0.3, 0.4) is 0 Å². The molecule has 0 unspecified atom stereocenters. The van der Waals surface area contributed by atoms with Gasteiger partial charge in [0.25, 0.3) is 0 Å². The van der Waals surface area contributed by atoms with E-state index in [2.05, 4.69) is 11.1 Å². The van der Waals surface area contributed by atoms with E-state index in [0.29, 0.717) is 12.1 Å². The van der Waals surface area contributed by atoms with E-state index in [1.807, 2.05) is 29.0 Å². The van der Waals surface area contributed by atoms with Crippen LogP contribution in [0.25, 0.3) is 11.6 Å². The number of benzene rings is 2. The number of rotatable bonds is 4. The molecule has 0 amide bonds. The van der Waals surface area contributed by atoms with Gasteiger partial charge in [0.2, 0.25) is 0 Å². The Hall–Kier alpha value is -3.19.